The van der Waals surface area contributed by atoms with Crippen LogP contribution in [0.5, 0.6) is 0 Å². The second-order valence-electron chi connectivity index (χ2n) is 34.5. The van der Waals surface area contributed by atoms with Gasteiger partial charge < -0.3 is 0 Å². The molecule has 0 aliphatic heterocycles. The largest absolute Gasteiger partial charge is 0.264 e. The molecule has 0 unspecified atom stereocenters. The maximum atomic E-state index is 4.88. The van der Waals surface area contributed by atoms with Crippen LogP contribution in [0, 0.1) is 67.2 Å². The molecule has 12 nitrogen and oxygen atoms in total. The molecule has 0 radical (unpaired) electrons. The Morgan fingerprint density at radius 3 is 1.18 bits per heavy atom. The summed E-state index contributed by atoms with van der Waals surface area (Å²) in [6.07, 6.45) is 16.2. The summed E-state index contributed by atoms with van der Waals surface area (Å²) in [6, 6.07) is 71.3. The lowest BCUT2D eigenvalue weighted by Crippen LogP contribution is -2.30. The summed E-state index contributed by atoms with van der Waals surface area (Å²) in [7, 11) is 8.47. The van der Waals surface area contributed by atoms with Crippen LogP contribution in [0.25, 0.3) is 133 Å². The van der Waals surface area contributed by atoms with E-state index >= 15 is 0 Å². The van der Waals surface area contributed by atoms with Gasteiger partial charge in [0.1, 0.15) is 51.5 Å². The van der Waals surface area contributed by atoms with Gasteiger partial charge in [0.05, 0.1) is 16.5 Å². The first-order valence-electron chi connectivity index (χ1n) is 40.7. The van der Waals surface area contributed by atoms with Gasteiger partial charge in [-0.2, -0.15) is 0 Å². The molecule has 0 aliphatic carbocycles. The van der Waals surface area contributed by atoms with E-state index in [0.29, 0.717) is 11.8 Å². The maximum Gasteiger partial charge on any atom is 0.213 e. The average molecular weight is 1530 g/mol. The fourth-order valence-corrected chi connectivity index (χ4v) is 15.3. The van der Waals surface area contributed by atoms with Crippen molar-refractivity contribution in [3.63, 3.8) is 0 Å². The number of fused-ring (bicyclic) bond motifs is 4. The van der Waals surface area contributed by atoms with Crippen molar-refractivity contribution in [1.29, 1.82) is 0 Å². The zero-order valence-electron chi connectivity index (χ0n) is 72.0. The molecule has 16 rings (SSSR count). The number of hydrogen-bond donors (Lipinski definition) is 0. The normalized spacial score (nSPS) is 11.6. The second-order valence-corrected chi connectivity index (χ2v) is 34.5. The van der Waals surface area contributed by atoms with Crippen LogP contribution in [0.15, 0.2) is 244 Å². The van der Waals surface area contributed by atoms with E-state index in [1.54, 1.807) is 0 Å². The Bertz CT molecular complexity index is 6100. The van der Waals surface area contributed by atoms with Crippen molar-refractivity contribution in [1.82, 2.24) is 39.9 Å². The molecule has 0 spiro atoms. The van der Waals surface area contributed by atoms with E-state index in [0.717, 1.165) is 70.2 Å². The number of benzene rings is 8. The van der Waals surface area contributed by atoms with Gasteiger partial charge in [0.15, 0.2) is 36.4 Å². The molecule has 0 N–H and O–H groups in total. The van der Waals surface area contributed by atoms with E-state index in [9.17, 15) is 0 Å². The maximum absolute atomic E-state index is 4.88. The molecule has 8 aromatic heterocycles. The summed E-state index contributed by atoms with van der Waals surface area (Å²) in [4.78, 5) is 37.8. The molecule has 0 bridgehead atoms. The van der Waals surface area contributed by atoms with Crippen molar-refractivity contribution < 1.29 is 18.3 Å². The first kappa shape index (κ1) is 81.7. The van der Waals surface area contributed by atoms with Crippen molar-refractivity contribution in [3.05, 3.63) is 311 Å². The molecule has 0 aliphatic rings. The van der Waals surface area contributed by atoms with Crippen LogP contribution < -0.4 is 18.3 Å². The summed E-state index contributed by atoms with van der Waals surface area (Å²) in [5.74, 6) is 5.96. The minimum atomic E-state index is -0.153. The highest BCUT2D eigenvalue weighted by Crippen LogP contribution is 2.36. The fraction of sp³-hybridized carbons (Fsp3) is 0.269. The Kier molecular flexibility index (Phi) is 24.3. The number of hydrogen-bond acceptors (Lipinski definition) is 8. The van der Waals surface area contributed by atoms with Crippen molar-refractivity contribution in [2.75, 3.05) is 0 Å². The molecule has 8 heterocycles. The quantitative estimate of drug-likeness (QED) is 0.111. The van der Waals surface area contributed by atoms with E-state index in [-0.39, 0.29) is 10.8 Å². The van der Waals surface area contributed by atoms with E-state index < -0.39 is 0 Å². The molecule has 0 atom stereocenters. The zero-order chi connectivity index (χ0) is 82.6. The topological polar surface area (TPSA) is 119 Å². The van der Waals surface area contributed by atoms with Crippen molar-refractivity contribution in [2.24, 2.45) is 40.0 Å². The van der Waals surface area contributed by atoms with Gasteiger partial charge in [-0.1, -0.05) is 202 Å². The van der Waals surface area contributed by atoms with E-state index in [4.69, 9.17) is 29.9 Å². The molecule has 0 amide bonds. The van der Waals surface area contributed by atoms with Crippen LogP contribution in [0.4, 0.5) is 0 Å². The molecular formula is C104H112N12+4. The standard InChI is InChI=1S/2C30H37N4.2C22H19N2/c1-18-13-19(2)20(3)24(14-18)25-16-21-11-12-22(15-23(21)17-34(25)10)26-31-27(29(4,5)6)33-28(32-26)30(7,8)9;1-18(2)11-28-31-29(12-19(3)4)33-30(32-28)24-10-9-23-16-27(34(8)17-25(23)15-24)26-14-20(5)13-21(6)22(26)7;1-16-7-3-4-10-19(16)22-13-17-8-5-11-20(21(17)15-24(22)2)18-9-6-12-23-14-18;1-16-8-3-4-10-18(16)22-14-17-9-7-11-19(20(17)15-24(22)2)21-12-5-6-13-23-21/h11-17H,1-10H3;9-10,13-19H,11-12H2,1-8H3;2*3-15H,1-2H3/q4*+1. The van der Waals surface area contributed by atoms with Crippen LogP contribution in [0.1, 0.15) is 137 Å². The highest BCUT2D eigenvalue weighted by Gasteiger charge is 2.28. The van der Waals surface area contributed by atoms with Crippen LogP contribution in [0.3, 0.4) is 0 Å². The molecular weight excluding hydrogens is 1420 g/mol. The molecule has 0 fully saturated rings. The molecule has 116 heavy (non-hydrogen) atoms. The van der Waals surface area contributed by atoms with Gasteiger partial charge in [-0.3, -0.25) is 9.97 Å². The minimum absolute atomic E-state index is 0.153. The molecule has 0 saturated carbocycles. The van der Waals surface area contributed by atoms with Gasteiger partial charge >= 0.3 is 0 Å². The highest BCUT2D eigenvalue weighted by molar-refractivity contribution is 5.98. The molecule has 12 heteroatoms. The number of nitrogens with zero attached hydrogens (tertiary/aromatic N) is 12. The number of aryl methyl sites for hydroxylation is 10. The van der Waals surface area contributed by atoms with E-state index in [1.807, 2.05) is 36.8 Å². The average Bonchev–Trinajstić information content (AvgIpc) is 0.784. The Labute approximate surface area is 686 Å². The molecule has 8 aromatic carbocycles. The van der Waals surface area contributed by atoms with E-state index in [1.165, 1.54) is 144 Å². The third-order valence-corrected chi connectivity index (χ3v) is 21.8. The van der Waals surface area contributed by atoms with Crippen molar-refractivity contribution >= 4 is 43.1 Å². The number of aromatic nitrogens is 12. The minimum Gasteiger partial charge on any atom is -0.264 e. The van der Waals surface area contributed by atoms with Gasteiger partial charge in [-0.05, 0) is 182 Å². The van der Waals surface area contributed by atoms with Gasteiger partial charge in [0.2, 0.25) is 22.8 Å². The third kappa shape index (κ3) is 18.6. The summed E-state index contributed by atoms with van der Waals surface area (Å²) in [5, 5.41) is 9.71. The first-order valence-corrected chi connectivity index (χ1v) is 40.7. The summed E-state index contributed by atoms with van der Waals surface area (Å²) >= 11 is 0. The number of pyridine rings is 6. The first-order chi connectivity index (χ1) is 55.3. The number of rotatable bonds is 12. The van der Waals surface area contributed by atoms with Gasteiger partial charge in [0.25, 0.3) is 0 Å². The lowest BCUT2D eigenvalue weighted by atomic mass is 9.93. The molecule has 584 valence electrons. The van der Waals surface area contributed by atoms with Gasteiger partial charge in [0, 0.05) is 122 Å². The van der Waals surface area contributed by atoms with Crippen LogP contribution >= 0.6 is 0 Å². The van der Waals surface area contributed by atoms with Crippen molar-refractivity contribution in [3.8, 4) is 90.2 Å². The smallest absolute Gasteiger partial charge is 0.213 e. The van der Waals surface area contributed by atoms with Crippen LogP contribution in [-0.4, -0.2) is 39.9 Å². The van der Waals surface area contributed by atoms with E-state index in [2.05, 4.69) is 388 Å². The Hall–Kier alpha value is -12.3. The monoisotopic (exact) mass is 1530 g/mol. The predicted octanol–water partition coefficient (Wildman–Crippen LogP) is 22.6. The van der Waals surface area contributed by atoms with Crippen LogP contribution in [-0.2, 0) is 51.9 Å². The lowest BCUT2D eigenvalue weighted by molar-refractivity contribution is -0.659. The van der Waals surface area contributed by atoms with Crippen molar-refractivity contribution in [2.45, 2.75) is 148 Å². The molecule has 0 saturated heterocycles. The zero-order valence-corrected chi connectivity index (χ0v) is 72.0. The highest BCUT2D eigenvalue weighted by atomic mass is 15.1. The second kappa shape index (κ2) is 34.4. The lowest BCUT2D eigenvalue weighted by Gasteiger charge is -2.22. The summed E-state index contributed by atoms with van der Waals surface area (Å²) in [5.41, 5.74) is 26.7. The van der Waals surface area contributed by atoms with Crippen LogP contribution in [0.2, 0.25) is 0 Å². The molecule has 16 aromatic rings. The Morgan fingerprint density at radius 2 is 0.741 bits per heavy atom. The van der Waals surface area contributed by atoms with Gasteiger partial charge in [-0.15, -0.1) is 0 Å². The SMILES string of the molecule is Cc1cc(C)c(C)c(-c2cc3ccc(-c4nc(C(C)(C)C)nc(C(C)(C)C)n4)cc3c[n+]2C)c1.Cc1cc(C)c(C)c(-c2cc3ccc(-c4nc(CC(C)C)nc(CC(C)C)n4)cc3c[n+]2C)c1.Cc1ccccc1-c1cc2cccc(-c3ccccn3)c2c[n+]1C.Cc1ccccc1-c1cc2cccc(-c3cccnc3)c2c[n+]1C. The third-order valence-electron chi connectivity index (χ3n) is 21.8. The van der Waals surface area contributed by atoms with Gasteiger partial charge in [-0.25, -0.2) is 48.2 Å². The Morgan fingerprint density at radius 1 is 0.319 bits per heavy atom. The predicted molar refractivity (Wildman–Crippen MR) is 479 cm³/mol. The fourth-order valence-electron chi connectivity index (χ4n) is 15.3. The summed E-state index contributed by atoms with van der Waals surface area (Å²) in [6.45, 7) is 39.1. The Balaban J connectivity index is 0.000000136. The summed E-state index contributed by atoms with van der Waals surface area (Å²) < 4.78 is 8.87.